The second-order valence-electron chi connectivity index (χ2n) is 6.06. The fourth-order valence-corrected chi connectivity index (χ4v) is 3.10. The number of carbonyl (C=O) groups is 1. The number of anilines is 1. The lowest BCUT2D eigenvalue weighted by molar-refractivity contribution is 0.0933. The fraction of sp³-hybridized carbons (Fsp3) is 0.158. The van der Waals surface area contributed by atoms with Crippen molar-refractivity contribution < 1.29 is 4.79 Å². The van der Waals surface area contributed by atoms with Crippen molar-refractivity contribution in [1.82, 2.24) is 20.5 Å². The second kappa shape index (κ2) is 6.79. The number of rotatable bonds is 3. The van der Waals surface area contributed by atoms with Crippen molar-refractivity contribution in [2.75, 3.05) is 11.9 Å². The Labute approximate surface area is 149 Å². The molecule has 3 aromatic rings. The normalized spacial score (nSPS) is 15.6. The summed E-state index contributed by atoms with van der Waals surface area (Å²) in [6, 6.07) is 12.8. The summed E-state index contributed by atoms with van der Waals surface area (Å²) in [6.07, 6.45) is 4.02. The Balaban J connectivity index is 1.62. The molecule has 0 aliphatic carbocycles. The zero-order valence-electron chi connectivity index (χ0n) is 13.9. The van der Waals surface area contributed by atoms with Gasteiger partial charge < -0.3 is 10.6 Å². The van der Waals surface area contributed by atoms with E-state index in [0.717, 1.165) is 29.8 Å². The summed E-state index contributed by atoms with van der Waals surface area (Å²) < 4.78 is 0. The van der Waals surface area contributed by atoms with Crippen molar-refractivity contribution in [2.24, 2.45) is 0 Å². The predicted octanol–water partition coefficient (Wildman–Crippen LogP) is 2.12. The maximum Gasteiger partial charge on any atom is 0.277 e. The van der Waals surface area contributed by atoms with Gasteiger partial charge in [0.05, 0.1) is 11.7 Å². The minimum atomic E-state index is -0.512. The molecule has 7 nitrogen and oxygen atoms in total. The molecule has 1 aromatic carbocycles. The molecule has 130 valence electrons. The number of H-pyrrole nitrogens is 1. The third-order valence-corrected chi connectivity index (χ3v) is 4.41. The molecule has 7 heteroatoms. The molecule has 0 radical (unpaired) electrons. The quantitative estimate of drug-likeness (QED) is 0.674. The number of hydrogen-bond acceptors (Lipinski definition) is 5. The fourth-order valence-electron chi connectivity index (χ4n) is 3.10. The summed E-state index contributed by atoms with van der Waals surface area (Å²) in [4.78, 5) is 28.8. The van der Waals surface area contributed by atoms with Crippen LogP contribution in [0, 0.1) is 0 Å². The molecule has 1 amide bonds. The number of aromatic nitrogens is 3. The van der Waals surface area contributed by atoms with E-state index in [1.165, 1.54) is 6.07 Å². The number of aromatic amines is 1. The van der Waals surface area contributed by atoms with Gasteiger partial charge in [-0.1, -0.05) is 18.2 Å². The Hall–Kier alpha value is -3.48. The van der Waals surface area contributed by atoms with Crippen LogP contribution in [0.1, 0.15) is 28.4 Å². The van der Waals surface area contributed by atoms with Gasteiger partial charge in [0.1, 0.15) is 5.56 Å². The molecule has 2 aromatic heterocycles. The van der Waals surface area contributed by atoms with Gasteiger partial charge in [-0.05, 0) is 36.2 Å². The van der Waals surface area contributed by atoms with Crippen LogP contribution >= 0.6 is 0 Å². The van der Waals surface area contributed by atoms with E-state index in [9.17, 15) is 9.59 Å². The van der Waals surface area contributed by atoms with Crippen molar-refractivity contribution in [3.63, 3.8) is 0 Å². The number of fused-ring (bicyclic) bond motifs is 1. The van der Waals surface area contributed by atoms with Crippen molar-refractivity contribution in [3.05, 3.63) is 76.3 Å². The number of hydrogen-bond donors (Lipinski definition) is 3. The van der Waals surface area contributed by atoms with Crippen molar-refractivity contribution in [3.8, 4) is 11.3 Å². The summed E-state index contributed by atoms with van der Waals surface area (Å²) >= 11 is 0. The summed E-state index contributed by atoms with van der Waals surface area (Å²) in [5, 5.41) is 12.7. The average Bonchev–Trinajstić information content (AvgIpc) is 2.69. The van der Waals surface area contributed by atoms with E-state index in [2.05, 4.69) is 25.8 Å². The number of pyridine rings is 1. The van der Waals surface area contributed by atoms with Crippen LogP contribution < -0.4 is 16.2 Å². The maximum absolute atomic E-state index is 12.7. The van der Waals surface area contributed by atoms with E-state index < -0.39 is 11.5 Å². The van der Waals surface area contributed by atoms with Crippen LogP contribution in [0.3, 0.4) is 0 Å². The zero-order valence-corrected chi connectivity index (χ0v) is 13.9. The summed E-state index contributed by atoms with van der Waals surface area (Å²) in [6.45, 7) is 0.761. The molecule has 0 saturated carbocycles. The monoisotopic (exact) mass is 347 g/mol. The van der Waals surface area contributed by atoms with Crippen LogP contribution in [0.15, 0.2) is 59.7 Å². The Bertz CT molecular complexity index is 1000. The first-order chi connectivity index (χ1) is 12.7. The smallest absolute Gasteiger partial charge is 0.277 e. The first-order valence-corrected chi connectivity index (χ1v) is 8.36. The molecule has 3 heterocycles. The molecular weight excluding hydrogens is 330 g/mol. The number of benzene rings is 1. The average molecular weight is 347 g/mol. The Morgan fingerprint density at radius 1 is 1.15 bits per heavy atom. The van der Waals surface area contributed by atoms with Crippen molar-refractivity contribution in [1.29, 1.82) is 0 Å². The van der Waals surface area contributed by atoms with Crippen LogP contribution in [-0.2, 0) is 0 Å². The number of carbonyl (C=O) groups excluding carboxylic acids is 1. The number of amides is 1. The van der Waals surface area contributed by atoms with E-state index >= 15 is 0 Å². The van der Waals surface area contributed by atoms with Gasteiger partial charge in [0.15, 0.2) is 0 Å². The topological polar surface area (TPSA) is 99.8 Å². The highest BCUT2D eigenvalue weighted by Gasteiger charge is 2.23. The summed E-state index contributed by atoms with van der Waals surface area (Å²) in [5.41, 5.74) is 2.85. The predicted molar refractivity (Wildman–Crippen MR) is 97.8 cm³/mol. The number of para-hydroxylation sites is 1. The minimum Gasteiger partial charge on any atom is -0.385 e. The van der Waals surface area contributed by atoms with Gasteiger partial charge in [0.2, 0.25) is 0 Å². The molecule has 4 rings (SSSR count). The molecule has 0 spiro atoms. The van der Waals surface area contributed by atoms with Gasteiger partial charge >= 0.3 is 0 Å². The minimum absolute atomic E-state index is 0.0443. The lowest BCUT2D eigenvalue weighted by Gasteiger charge is -2.27. The van der Waals surface area contributed by atoms with Crippen molar-refractivity contribution >= 4 is 11.6 Å². The van der Waals surface area contributed by atoms with Crippen LogP contribution in [0.2, 0.25) is 0 Å². The molecule has 1 aliphatic rings. The first kappa shape index (κ1) is 16.0. The molecule has 0 fully saturated rings. The first-order valence-electron chi connectivity index (χ1n) is 8.36. The molecular formula is C19H17N5O2. The van der Waals surface area contributed by atoms with Crippen LogP contribution in [0.25, 0.3) is 11.3 Å². The van der Waals surface area contributed by atoms with Gasteiger partial charge in [-0.3, -0.25) is 14.6 Å². The third kappa shape index (κ3) is 3.06. The highest BCUT2D eigenvalue weighted by atomic mass is 16.2. The van der Waals surface area contributed by atoms with Gasteiger partial charge in [0, 0.05) is 30.2 Å². The second-order valence-corrected chi connectivity index (χ2v) is 6.06. The lowest BCUT2D eigenvalue weighted by Crippen LogP contribution is -2.35. The molecule has 1 atom stereocenters. The maximum atomic E-state index is 12.7. The summed E-state index contributed by atoms with van der Waals surface area (Å²) in [7, 11) is 0. The molecule has 0 saturated heterocycles. The van der Waals surface area contributed by atoms with Crippen LogP contribution in [0.4, 0.5) is 5.69 Å². The number of nitrogens with one attached hydrogen (secondary N) is 3. The standard InChI is InChI=1S/C19H17N5O2/c25-18(22-16-7-10-21-15-4-2-1-3-13(15)16)14-11-17(23-24-19(14)26)12-5-8-20-9-6-12/h1-6,8-9,11,16,21H,7,10H2,(H,22,25)(H,24,26). The highest BCUT2D eigenvalue weighted by molar-refractivity contribution is 5.95. The Morgan fingerprint density at radius 3 is 2.81 bits per heavy atom. The SMILES string of the molecule is O=C(NC1CCNc2ccccc21)c1cc(-c2ccncc2)n[nH]c1=O. The molecule has 1 aliphatic heterocycles. The zero-order chi connectivity index (χ0) is 17.9. The van der Waals surface area contributed by atoms with Gasteiger partial charge in [0.25, 0.3) is 11.5 Å². The largest absolute Gasteiger partial charge is 0.385 e. The van der Waals surface area contributed by atoms with Gasteiger partial charge in [-0.25, -0.2) is 5.10 Å². The van der Waals surface area contributed by atoms with Gasteiger partial charge in [-0.2, -0.15) is 5.10 Å². The molecule has 26 heavy (non-hydrogen) atoms. The Morgan fingerprint density at radius 2 is 1.96 bits per heavy atom. The number of nitrogens with zero attached hydrogens (tertiary/aromatic N) is 2. The van der Waals surface area contributed by atoms with E-state index in [0.29, 0.717) is 5.69 Å². The van der Waals surface area contributed by atoms with E-state index in [1.54, 1.807) is 24.5 Å². The molecule has 1 unspecified atom stereocenters. The molecule has 0 bridgehead atoms. The highest BCUT2D eigenvalue weighted by Crippen LogP contribution is 2.29. The van der Waals surface area contributed by atoms with E-state index in [1.807, 2.05) is 24.3 Å². The van der Waals surface area contributed by atoms with Gasteiger partial charge in [-0.15, -0.1) is 0 Å². The molecule has 3 N–H and O–H groups in total. The van der Waals surface area contributed by atoms with Crippen molar-refractivity contribution in [2.45, 2.75) is 12.5 Å². The summed E-state index contributed by atoms with van der Waals surface area (Å²) in [5.74, 6) is -0.411. The van der Waals surface area contributed by atoms with E-state index in [-0.39, 0.29) is 11.6 Å². The van der Waals surface area contributed by atoms with E-state index in [4.69, 9.17) is 0 Å². The van der Waals surface area contributed by atoms with Crippen LogP contribution in [-0.4, -0.2) is 27.6 Å². The third-order valence-electron chi connectivity index (χ3n) is 4.41. The lowest BCUT2D eigenvalue weighted by atomic mass is 9.97. The Kier molecular flexibility index (Phi) is 4.18. The van der Waals surface area contributed by atoms with Crippen LogP contribution in [0.5, 0.6) is 0 Å².